The molecule has 0 radical (unpaired) electrons. The summed E-state index contributed by atoms with van der Waals surface area (Å²) in [6, 6.07) is 7.03. The van der Waals surface area contributed by atoms with Crippen LogP contribution in [0.25, 0.3) is 44.8 Å². The molecule has 1 N–H and O–H groups in total. The molecule has 5 aromatic heterocycles. The van der Waals surface area contributed by atoms with Crippen molar-refractivity contribution >= 4 is 22.1 Å². The summed E-state index contributed by atoms with van der Waals surface area (Å²) < 4.78 is 41.9. The van der Waals surface area contributed by atoms with E-state index < -0.39 is 11.9 Å². The van der Waals surface area contributed by atoms with Gasteiger partial charge in [-0.15, -0.1) is 0 Å². The standard InChI is InChI=1S/C20H14F3N7/c1-10-4-3-5-13(27-10)18-28-14(15-19(29-18)26-9-25-15)12-8-30(2)16-11(12)6-7-24-17(16)20(21,22)23/h3-9H,1-2H3,(H,25,26,28,29). The van der Waals surface area contributed by atoms with Gasteiger partial charge < -0.3 is 9.55 Å². The van der Waals surface area contributed by atoms with Gasteiger partial charge in [0.25, 0.3) is 0 Å². The van der Waals surface area contributed by atoms with Crippen LogP contribution in [0, 0.1) is 6.92 Å². The van der Waals surface area contributed by atoms with Gasteiger partial charge in [-0.25, -0.2) is 24.9 Å². The minimum Gasteiger partial charge on any atom is -0.348 e. The van der Waals surface area contributed by atoms with Gasteiger partial charge in [-0.05, 0) is 25.1 Å². The number of alkyl halides is 3. The van der Waals surface area contributed by atoms with Gasteiger partial charge in [0.15, 0.2) is 17.2 Å². The molecular weight excluding hydrogens is 395 g/mol. The smallest absolute Gasteiger partial charge is 0.348 e. The maximum absolute atomic E-state index is 13.5. The Morgan fingerprint density at radius 1 is 1.03 bits per heavy atom. The van der Waals surface area contributed by atoms with E-state index in [9.17, 15) is 13.2 Å². The molecule has 150 valence electrons. The van der Waals surface area contributed by atoms with Crippen molar-refractivity contribution in [1.29, 1.82) is 0 Å². The zero-order chi connectivity index (χ0) is 21.0. The number of fused-ring (bicyclic) bond motifs is 2. The van der Waals surface area contributed by atoms with Gasteiger partial charge in [-0.3, -0.25) is 0 Å². The Morgan fingerprint density at radius 3 is 2.63 bits per heavy atom. The highest BCUT2D eigenvalue weighted by Gasteiger charge is 2.36. The Labute approximate surface area is 167 Å². The van der Waals surface area contributed by atoms with E-state index >= 15 is 0 Å². The first kappa shape index (κ1) is 18.2. The number of pyridine rings is 2. The van der Waals surface area contributed by atoms with Crippen LogP contribution >= 0.6 is 0 Å². The molecule has 0 aromatic carbocycles. The average Bonchev–Trinajstić information content (AvgIpc) is 3.31. The van der Waals surface area contributed by atoms with Crippen molar-refractivity contribution < 1.29 is 13.2 Å². The van der Waals surface area contributed by atoms with E-state index in [-0.39, 0.29) is 5.52 Å². The molecule has 0 saturated heterocycles. The topological polar surface area (TPSA) is 85.2 Å². The molecule has 0 unspecified atom stereocenters. The molecule has 0 aliphatic rings. The number of aryl methyl sites for hydroxylation is 2. The molecular formula is C20H14F3N7. The number of aromatic amines is 1. The molecule has 0 fully saturated rings. The van der Waals surface area contributed by atoms with Crippen molar-refractivity contribution in [2.24, 2.45) is 7.05 Å². The van der Waals surface area contributed by atoms with Crippen LogP contribution in [-0.2, 0) is 13.2 Å². The molecule has 0 aliphatic heterocycles. The monoisotopic (exact) mass is 409 g/mol. The van der Waals surface area contributed by atoms with Crippen molar-refractivity contribution in [3.05, 3.63) is 54.4 Å². The summed E-state index contributed by atoms with van der Waals surface area (Å²) in [5, 5.41) is 0.381. The molecule has 0 saturated carbocycles. The molecule has 0 bridgehead atoms. The molecule has 7 nitrogen and oxygen atoms in total. The van der Waals surface area contributed by atoms with E-state index in [0.29, 0.717) is 39.3 Å². The Balaban J connectivity index is 1.82. The minimum absolute atomic E-state index is 0.0162. The van der Waals surface area contributed by atoms with Gasteiger partial charge in [-0.1, -0.05) is 6.07 Å². The van der Waals surface area contributed by atoms with Gasteiger partial charge in [0.05, 0.1) is 11.8 Å². The quantitative estimate of drug-likeness (QED) is 0.470. The molecule has 30 heavy (non-hydrogen) atoms. The molecule has 5 heterocycles. The van der Waals surface area contributed by atoms with Gasteiger partial charge in [0.1, 0.15) is 16.9 Å². The molecule has 5 aromatic rings. The fourth-order valence-corrected chi connectivity index (χ4v) is 3.56. The molecule has 5 rings (SSSR count). The number of H-pyrrole nitrogens is 1. The summed E-state index contributed by atoms with van der Waals surface area (Å²) in [6.45, 7) is 1.86. The number of imidazole rings is 1. The zero-order valence-corrected chi connectivity index (χ0v) is 15.9. The van der Waals surface area contributed by atoms with Crippen LogP contribution in [0.15, 0.2) is 43.0 Å². The third-order valence-corrected chi connectivity index (χ3v) is 4.81. The SMILES string of the molecule is Cc1cccc(-c2nc(-c3cn(C)c4c(C(F)(F)F)nccc34)c3nc[nH]c3n2)n1. The Hall–Kier alpha value is -3.82. The second-order valence-electron chi connectivity index (χ2n) is 6.87. The first-order valence-corrected chi connectivity index (χ1v) is 8.99. The van der Waals surface area contributed by atoms with E-state index in [1.165, 1.54) is 10.9 Å². The van der Waals surface area contributed by atoms with Crippen molar-refractivity contribution in [3.63, 3.8) is 0 Å². The number of aromatic nitrogens is 7. The maximum atomic E-state index is 13.5. The van der Waals surface area contributed by atoms with E-state index in [1.54, 1.807) is 25.4 Å². The van der Waals surface area contributed by atoms with Crippen molar-refractivity contribution in [3.8, 4) is 22.8 Å². The number of hydrogen-bond donors (Lipinski definition) is 1. The summed E-state index contributed by atoms with van der Waals surface area (Å²) in [4.78, 5) is 24.4. The normalized spacial score (nSPS) is 12.2. The summed E-state index contributed by atoms with van der Waals surface area (Å²) in [7, 11) is 1.55. The third kappa shape index (κ3) is 2.79. The molecule has 0 atom stereocenters. The minimum atomic E-state index is -4.58. The lowest BCUT2D eigenvalue weighted by molar-refractivity contribution is -0.140. The highest BCUT2D eigenvalue weighted by atomic mass is 19.4. The van der Waals surface area contributed by atoms with Crippen molar-refractivity contribution in [2.45, 2.75) is 13.1 Å². The number of halogens is 3. The highest BCUT2D eigenvalue weighted by Crippen LogP contribution is 2.38. The van der Waals surface area contributed by atoms with Crippen molar-refractivity contribution in [1.82, 2.24) is 34.5 Å². The number of nitrogens with one attached hydrogen (secondary N) is 1. The van der Waals surface area contributed by atoms with Crippen LogP contribution in [0.2, 0.25) is 0 Å². The summed E-state index contributed by atoms with van der Waals surface area (Å²) in [5.41, 5.74) is 2.26. The molecule has 0 spiro atoms. The van der Waals surface area contributed by atoms with Crippen LogP contribution in [-0.4, -0.2) is 34.5 Å². The predicted octanol–water partition coefficient (Wildman–Crippen LogP) is 4.30. The second-order valence-corrected chi connectivity index (χ2v) is 6.87. The van der Waals surface area contributed by atoms with Crippen LogP contribution in [0.1, 0.15) is 11.4 Å². The lowest BCUT2D eigenvalue weighted by Gasteiger charge is -2.08. The fraction of sp³-hybridized carbons (Fsp3) is 0.150. The maximum Gasteiger partial charge on any atom is 0.435 e. The van der Waals surface area contributed by atoms with Crippen LogP contribution in [0.3, 0.4) is 0 Å². The lowest BCUT2D eigenvalue weighted by Crippen LogP contribution is -2.09. The summed E-state index contributed by atoms with van der Waals surface area (Å²) >= 11 is 0. The van der Waals surface area contributed by atoms with E-state index in [2.05, 4.69) is 29.9 Å². The van der Waals surface area contributed by atoms with E-state index in [4.69, 9.17) is 0 Å². The second kappa shape index (κ2) is 6.34. The van der Waals surface area contributed by atoms with Crippen LogP contribution < -0.4 is 0 Å². The van der Waals surface area contributed by atoms with Crippen molar-refractivity contribution in [2.75, 3.05) is 0 Å². The first-order valence-electron chi connectivity index (χ1n) is 8.99. The van der Waals surface area contributed by atoms with Gasteiger partial charge >= 0.3 is 6.18 Å². The Bertz CT molecular complexity index is 1420. The number of rotatable bonds is 2. The third-order valence-electron chi connectivity index (χ3n) is 4.81. The van der Waals surface area contributed by atoms with Gasteiger partial charge in [0.2, 0.25) is 0 Å². The van der Waals surface area contributed by atoms with Crippen LogP contribution in [0.5, 0.6) is 0 Å². The van der Waals surface area contributed by atoms with E-state index in [0.717, 1.165) is 11.9 Å². The predicted molar refractivity (Wildman–Crippen MR) is 104 cm³/mol. The first-order chi connectivity index (χ1) is 14.3. The number of nitrogens with zero attached hydrogens (tertiary/aromatic N) is 6. The van der Waals surface area contributed by atoms with Gasteiger partial charge in [0, 0.05) is 36.1 Å². The van der Waals surface area contributed by atoms with Gasteiger partial charge in [-0.2, -0.15) is 13.2 Å². The fourth-order valence-electron chi connectivity index (χ4n) is 3.56. The molecule has 0 aliphatic carbocycles. The van der Waals surface area contributed by atoms with E-state index in [1.807, 2.05) is 19.1 Å². The Morgan fingerprint density at radius 2 is 1.87 bits per heavy atom. The summed E-state index contributed by atoms with van der Waals surface area (Å²) in [6.07, 6.45) is -0.344. The molecule has 10 heteroatoms. The van der Waals surface area contributed by atoms with Crippen LogP contribution in [0.4, 0.5) is 13.2 Å². The summed E-state index contributed by atoms with van der Waals surface area (Å²) in [5.74, 6) is 0.354. The average molecular weight is 409 g/mol. The number of hydrogen-bond acceptors (Lipinski definition) is 5. The highest BCUT2D eigenvalue weighted by molar-refractivity contribution is 6.02. The largest absolute Gasteiger partial charge is 0.435 e. The lowest BCUT2D eigenvalue weighted by atomic mass is 10.1. The zero-order valence-electron chi connectivity index (χ0n) is 15.9. The molecule has 0 amide bonds. The Kier molecular flexibility index (Phi) is 3.85.